The first kappa shape index (κ1) is 15.6. The third-order valence-electron chi connectivity index (χ3n) is 2.83. The lowest BCUT2D eigenvalue weighted by molar-refractivity contribution is -0.146. The van der Waals surface area contributed by atoms with Gasteiger partial charge in [-0.15, -0.1) is 0 Å². The number of imide groups is 2. The Morgan fingerprint density at radius 3 is 2.25 bits per heavy atom. The van der Waals surface area contributed by atoms with E-state index in [0.717, 1.165) is 4.90 Å². The molecule has 0 aliphatic carbocycles. The summed E-state index contributed by atoms with van der Waals surface area (Å²) in [5, 5.41) is 2.06. The van der Waals surface area contributed by atoms with Crippen LogP contribution in [0.3, 0.4) is 0 Å². The van der Waals surface area contributed by atoms with Crippen molar-refractivity contribution in [2.75, 3.05) is 0 Å². The fourth-order valence-electron chi connectivity index (χ4n) is 1.89. The monoisotopic (exact) mass is 276 g/mol. The molecule has 1 unspecified atom stereocenters. The van der Waals surface area contributed by atoms with Crippen LogP contribution >= 0.6 is 0 Å². The summed E-state index contributed by atoms with van der Waals surface area (Å²) < 4.78 is 0. The number of nitrogens with zero attached hydrogens (tertiary/aromatic N) is 1. The van der Waals surface area contributed by atoms with Gasteiger partial charge in [0.1, 0.15) is 6.04 Å². The SMILES string of the molecule is C=C/C=C1/C(=O)N(C(C)C(=O)NC(C)=O)C(=O)/C1=C/C. The fraction of sp³-hybridized carbons (Fsp3) is 0.286. The molecule has 20 heavy (non-hydrogen) atoms. The molecule has 4 amide bonds. The van der Waals surface area contributed by atoms with E-state index < -0.39 is 29.7 Å². The molecule has 0 bridgehead atoms. The smallest absolute Gasteiger partial charge is 0.262 e. The van der Waals surface area contributed by atoms with Crippen molar-refractivity contribution in [3.05, 3.63) is 36.0 Å². The minimum Gasteiger partial charge on any atom is -0.295 e. The number of allylic oxidation sites excluding steroid dienone is 3. The standard InChI is InChI=1S/C14H16N2O4/c1-5-7-11-10(6-2)13(19)16(14(11)20)8(3)12(18)15-9(4)17/h5-8H,1H2,2-4H3,(H,15,17,18)/b10-6+,11-7+. The van der Waals surface area contributed by atoms with Crippen molar-refractivity contribution in [2.45, 2.75) is 26.8 Å². The highest BCUT2D eigenvalue weighted by Crippen LogP contribution is 2.26. The van der Waals surface area contributed by atoms with E-state index in [1.54, 1.807) is 6.92 Å². The Bertz CT molecular complexity index is 558. The predicted molar refractivity (Wildman–Crippen MR) is 72.2 cm³/mol. The maximum absolute atomic E-state index is 12.2. The molecule has 1 aliphatic heterocycles. The van der Waals surface area contributed by atoms with E-state index >= 15 is 0 Å². The second kappa shape index (κ2) is 6.10. The van der Waals surface area contributed by atoms with E-state index in [0.29, 0.717) is 0 Å². The predicted octanol–water partition coefficient (Wildman–Crippen LogP) is 0.465. The normalized spacial score (nSPS) is 20.4. The fourth-order valence-corrected chi connectivity index (χ4v) is 1.89. The lowest BCUT2D eigenvalue weighted by Crippen LogP contribution is -2.48. The van der Waals surface area contributed by atoms with Crippen molar-refractivity contribution in [3.63, 3.8) is 0 Å². The van der Waals surface area contributed by atoms with Gasteiger partial charge in [-0.25, -0.2) is 0 Å². The molecular weight excluding hydrogens is 260 g/mol. The molecule has 0 aromatic rings. The molecule has 1 atom stereocenters. The van der Waals surface area contributed by atoms with Gasteiger partial charge in [-0.1, -0.05) is 18.7 Å². The van der Waals surface area contributed by atoms with Gasteiger partial charge in [0.15, 0.2) is 0 Å². The van der Waals surface area contributed by atoms with E-state index in [2.05, 4.69) is 11.9 Å². The van der Waals surface area contributed by atoms with E-state index in [1.165, 1.54) is 32.1 Å². The zero-order chi connectivity index (χ0) is 15.4. The Hall–Kier alpha value is -2.50. The van der Waals surface area contributed by atoms with Gasteiger partial charge in [0.25, 0.3) is 11.8 Å². The zero-order valence-electron chi connectivity index (χ0n) is 11.6. The summed E-state index contributed by atoms with van der Waals surface area (Å²) in [4.78, 5) is 47.8. The number of amides is 4. The number of rotatable bonds is 3. The number of hydrogen-bond acceptors (Lipinski definition) is 4. The van der Waals surface area contributed by atoms with Crippen LogP contribution in [0, 0.1) is 0 Å². The highest BCUT2D eigenvalue weighted by atomic mass is 16.2. The maximum atomic E-state index is 12.2. The highest BCUT2D eigenvalue weighted by molar-refractivity contribution is 6.26. The average Bonchev–Trinajstić information content (AvgIpc) is 2.60. The van der Waals surface area contributed by atoms with Crippen LogP contribution in [0.25, 0.3) is 0 Å². The van der Waals surface area contributed by atoms with E-state index in [9.17, 15) is 19.2 Å². The number of hydrogen-bond donors (Lipinski definition) is 1. The van der Waals surface area contributed by atoms with Gasteiger partial charge in [0.2, 0.25) is 11.8 Å². The first-order valence-electron chi connectivity index (χ1n) is 6.03. The van der Waals surface area contributed by atoms with Crippen molar-refractivity contribution in [1.29, 1.82) is 0 Å². The zero-order valence-corrected chi connectivity index (χ0v) is 11.6. The summed E-state index contributed by atoms with van der Waals surface area (Å²) in [5.41, 5.74) is 0.410. The van der Waals surface area contributed by atoms with Crippen molar-refractivity contribution >= 4 is 23.6 Å². The molecule has 1 fully saturated rings. The first-order chi connectivity index (χ1) is 9.34. The molecule has 0 spiro atoms. The summed E-state index contributed by atoms with van der Waals surface area (Å²) >= 11 is 0. The second-order valence-electron chi connectivity index (χ2n) is 4.22. The molecule has 106 valence electrons. The van der Waals surface area contributed by atoms with Gasteiger partial charge in [0.05, 0.1) is 5.57 Å². The first-order valence-corrected chi connectivity index (χ1v) is 6.03. The minimum absolute atomic E-state index is 0.190. The average molecular weight is 276 g/mol. The van der Waals surface area contributed by atoms with Gasteiger partial charge in [-0.05, 0) is 19.9 Å². The van der Waals surface area contributed by atoms with Crippen molar-refractivity contribution in [1.82, 2.24) is 10.2 Å². The molecule has 0 aromatic heterocycles. The van der Waals surface area contributed by atoms with Crippen LogP contribution in [0.1, 0.15) is 20.8 Å². The molecule has 6 heteroatoms. The molecular formula is C14H16N2O4. The van der Waals surface area contributed by atoms with Crippen LogP contribution in [-0.2, 0) is 19.2 Å². The van der Waals surface area contributed by atoms with Gasteiger partial charge in [0, 0.05) is 12.5 Å². The topological polar surface area (TPSA) is 83.6 Å². The molecule has 6 nitrogen and oxygen atoms in total. The van der Waals surface area contributed by atoms with Crippen molar-refractivity contribution in [3.8, 4) is 0 Å². The van der Waals surface area contributed by atoms with Crippen LogP contribution < -0.4 is 5.32 Å². The lowest BCUT2D eigenvalue weighted by Gasteiger charge is -2.20. The van der Waals surface area contributed by atoms with Crippen LogP contribution in [0.4, 0.5) is 0 Å². The summed E-state index contributed by atoms with van der Waals surface area (Å²) in [5.74, 6) is -2.38. The molecule has 1 rings (SSSR count). The van der Waals surface area contributed by atoms with Crippen LogP contribution in [0.15, 0.2) is 36.0 Å². The Kier molecular flexibility index (Phi) is 4.74. The Labute approximate surface area is 116 Å². The van der Waals surface area contributed by atoms with Gasteiger partial charge in [-0.2, -0.15) is 0 Å². The number of carbonyl (C=O) groups is 4. The Balaban J connectivity index is 3.14. The number of nitrogens with one attached hydrogen (secondary N) is 1. The van der Waals surface area contributed by atoms with E-state index in [-0.39, 0.29) is 11.1 Å². The third-order valence-corrected chi connectivity index (χ3v) is 2.83. The molecule has 1 N–H and O–H groups in total. The quantitative estimate of drug-likeness (QED) is 0.600. The van der Waals surface area contributed by atoms with E-state index in [4.69, 9.17) is 0 Å². The van der Waals surface area contributed by atoms with Crippen molar-refractivity contribution < 1.29 is 19.2 Å². The molecule has 0 saturated carbocycles. The summed E-state index contributed by atoms with van der Waals surface area (Å²) in [7, 11) is 0. The highest BCUT2D eigenvalue weighted by Gasteiger charge is 2.42. The number of likely N-dealkylation sites (tertiary alicyclic amines) is 1. The molecule has 0 radical (unpaired) electrons. The van der Waals surface area contributed by atoms with Gasteiger partial charge in [-0.3, -0.25) is 29.4 Å². The summed E-state index contributed by atoms with van der Waals surface area (Å²) in [6.45, 7) is 7.68. The maximum Gasteiger partial charge on any atom is 0.262 e. The summed E-state index contributed by atoms with van der Waals surface area (Å²) in [6, 6.07) is -1.07. The van der Waals surface area contributed by atoms with E-state index in [1.807, 2.05) is 0 Å². The molecule has 1 saturated heterocycles. The Morgan fingerprint density at radius 1 is 1.25 bits per heavy atom. The molecule has 1 aliphatic rings. The second-order valence-corrected chi connectivity index (χ2v) is 4.22. The third kappa shape index (κ3) is 2.74. The molecule has 1 heterocycles. The lowest BCUT2D eigenvalue weighted by atomic mass is 10.1. The van der Waals surface area contributed by atoms with Crippen LogP contribution in [-0.4, -0.2) is 34.6 Å². The van der Waals surface area contributed by atoms with Crippen LogP contribution in [0.5, 0.6) is 0 Å². The largest absolute Gasteiger partial charge is 0.295 e. The Morgan fingerprint density at radius 2 is 1.80 bits per heavy atom. The van der Waals surface area contributed by atoms with Gasteiger partial charge >= 0.3 is 0 Å². The number of carbonyl (C=O) groups excluding carboxylic acids is 4. The summed E-state index contributed by atoms with van der Waals surface area (Å²) in [6.07, 6.45) is 4.32. The van der Waals surface area contributed by atoms with Crippen LogP contribution in [0.2, 0.25) is 0 Å². The van der Waals surface area contributed by atoms with Crippen molar-refractivity contribution in [2.24, 2.45) is 0 Å². The minimum atomic E-state index is -1.07. The molecule has 0 aromatic carbocycles. The van der Waals surface area contributed by atoms with Gasteiger partial charge < -0.3 is 0 Å².